The summed E-state index contributed by atoms with van der Waals surface area (Å²) in [6.07, 6.45) is 1.04. The summed E-state index contributed by atoms with van der Waals surface area (Å²) in [5.41, 5.74) is 0. The van der Waals surface area contributed by atoms with Crippen LogP contribution >= 0.6 is 0 Å². The molecule has 0 radical (unpaired) electrons. The molecule has 1 heterocycles. The normalized spacial score (nSPS) is 37.7. The van der Waals surface area contributed by atoms with Crippen molar-refractivity contribution in [3.05, 3.63) is 0 Å². The van der Waals surface area contributed by atoms with E-state index in [-0.39, 0.29) is 36.1 Å². The lowest BCUT2D eigenvalue weighted by atomic mass is 9.79. The van der Waals surface area contributed by atoms with Crippen molar-refractivity contribution < 1.29 is 19.1 Å². The minimum Gasteiger partial charge on any atom is -0.379 e. The maximum absolute atomic E-state index is 12.0. The van der Waals surface area contributed by atoms with Gasteiger partial charge in [-0.1, -0.05) is 0 Å². The summed E-state index contributed by atoms with van der Waals surface area (Å²) in [4.78, 5) is 24.7. The minimum atomic E-state index is -0.332. The number of methoxy groups -OCH3 is 2. The Hall–Kier alpha value is -1.14. The van der Waals surface area contributed by atoms with Crippen molar-refractivity contribution in [3.63, 3.8) is 0 Å². The zero-order valence-corrected chi connectivity index (χ0v) is 10.3. The molecule has 3 amide bonds. The second-order valence-electron chi connectivity index (χ2n) is 4.58. The van der Waals surface area contributed by atoms with Gasteiger partial charge >= 0.3 is 6.03 Å². The monoisotopic (exact) mass is 242 g/mol. The van der Waals surface area contributed by atoms with Gasteiger partial charge in [0.25, 0.3) is 0 Å². The zero-order chi connectivity index (χ0) is 12.6. The predicted molar refractivity (Wildman–Crippen MR) is 59.4 cm³/mol. The molecule has 0 aromatic carbocycles. The van der Waals surface area contributed by atoms with Gasteiger partial charge in [-0.15, -0.1) is 0 Å². The van der Waals surface area contributed by atoms with E-state index in [4.69, 9.17) is 9.47 Å². The largest absolute Gasteiger partial charge is 0.379 e. The highest BCUT2D eigenvalue weighted by molar-refractivity contribution is 5.98. The summed E-state index contributed by atoms with van der Waals surface area (Å²) < 4.78 is 10.7. The Labute approximate surface area is 100 Å². The summed E-state index contributed by atoms with van der Waals surface area (Å²) >= 11 is 0. The third-order valence-corrected chi connectivity index (χ3v) is 3.74. The lowest BCUT2D eigenvalue weighted by molar-refractivity contribution is -0.142. The number of hydrogen-bond donors (Lipinski definition) is 1. The quantitative estimate of drug-likeness (QED) is 0.738. The van der Waals surface area contributed by atoms with Gasteiger partial charge < -0.3 is 14.8 Å². The maximum Gasteiger partial charge on any atom is 0.324 e. The van der Waals surface area contributed by atoms with Crippen LogP contribution in [0.1, 0.15) is 12.8 Å². The number of amides is 3. The summed E-state index contributed by atoms with van der Waals surface area (Å²) in [6.45, 7) is 0. The lowest BCUT2D eigenvalue weighted by Gasteiger charge is -2.43. The molecule has 1 saturated carbocycles. The van der Waals surface area contributed by atoms with Crippen molar-refractivity contribution in [1.29, 1.82) is 0 Å². The molecular weight excluding hydrogens is 224 g/mol. The van der Waals surface area contributed by atoms with Gasteiger partial charge in [0.05, 0.1) is 18.1 Å². The Morgan fingerprint density at radius 2 is 1.76 bits per heavy atom. The van der Waals surface area contributed by atoms with Crippen LogP contribution in [0.4, 0.5) is 4.79 Å². The molecule has 0 bridgehead atoms. The van der Waals surface area contributed by atoms with Crippen LogP contribution in [-0.2, 0) is 14.3 Å². The number of nitrogens with zero attached hydrogens (tertiary/aromatic N) is 1. The van der Waals surface area contributed by atoms with Crippen molar-refractivity contribution in [2.75, 3.05) is 21.3 Å². The fourth-order valence-electron chi connectivity index (χ4n) is 2.67. The third-order valence-electron chi connectivity index (χ3n) is 3.74. The summed E-state index contributed by atoms with van der Waals surface area (Å²) in [7, 11) is 4.74. The van der Waals surface area contributed by atoms with E-state index in [1.165, 1.54) is 7.05 Å². The van der Waals surface area contributed by atoms with Crippen molar-refractivity contribution in [3.8, 4) is 0 Å². The second kappa shape index (κ2) is 4.62. The first-order chi connectivity index (χ1) is 8.08. The molecule has 1 saturated heterocycles. The van der Waals surface area contributed by atoms with Crippen LogP contribution in [0.15, 0.2) is 0 Å². The number of ether oxygens (including phenoxy) is 2. The highest BCUT2D eigenvalue weighted by Crippen LogP contribution is 2.31. The first-order valence-electron chi connectivity index (χ1n) is 5.72. The van der Waals surface area contributed by atoms with E-state index >= 15 is 0 Å². The maximum atomic E-state index is 12.0. The van der Waals surface area contributed by atoms with Crippen LogP contribution in [0.5, 0.6) is 0 Å². The Bertz CT molecular complexity index is 333. The first-order valence-corrected chi connectivity index (χ1v) is 5.72. The fourth-order valence-corrected chi connectivity index (χ4v) is 2.67. The zero-order valence-electron chi connectivity index (χ0n) is 10.3. The molecule has 0 aromatic heterocycles. The molecule has 2 fully saturated rings. The van der Waals surface area contributed by atoms with Gasteiger partial charge in [0.2, 0.25) is 5.91 Å². The molecule has 17 heavy (non-hydrogen) atoms. The third kappa shape index (κ3) is 2.02. The smallest absolute Gasteiger partial charge is 0.324 e. The number of hydrogen-bond acceptors (Lipinski definition) is 4. The number of carbonyl (C=O) groups excluding carboxylic acids is 2. The number of urea groups is 1. The molecular formula is C11H18N2O4. The molecule has 1 aliphatic carbocycles. The molecule has 0 aromatic rings. The molecule has 6 nitrogen and oxygen atoms in total. The van der Waals surface area contributed by atoms with Crippen molar-refractivity contribution in [2.45, 2.75) is 31.1 Å². The van der Waals surface area contributed by atoms with E-state index in [9.17, 15) is 9.59 Å². The number of carbonyl (C=O) groups is 2. The standard InChI is InChI=1S/C11H18N2O4/c1-13-10(14)6-4-8(16-2)9(17-3)5-7(6)12-11(13)15/h6-9H,4-5H2,1-3H3,(H,12,15). The lowest BCUT2D eigenvalue weighted by Crippen LogP contribution is -2.63. The van der Waals surface area contributed by atoms with E-state index in [1.807, 2.05) is 0 Å². The van der Waals surface area contributed by atoms with Gasteiger partial charge in [-0.05, 0) is 12.8 Å². The molecule has 4 unspecified atom stereocenters. The number of rotatable bonds is 2. The van der Waals surface area contributed by atoms with Crippen LogP contribution in [0.25, 0.3) is 0 Å². The Morgan fingerprint density at radius 3 is 2.35 bits per heavy atom. The van der Waals surface area contributed by atoms with Gasteiger partial charge in [-0.2, -0.15) is 0 Å². The summed E-state index contributed by atoms with van der Waals surface area (Å²) in [5.74, 6) is -0.329. The first kappa shape index (κ1) is 12.3. The van der Waals surface area contributed by atoms with Crippen molar-refractivity contribution in [2.24, 2.45) is 5.92 Å². The molecule has 2 rings (SSSR count). The predicted octanol–water partition coefficient (Wildman–Crippen LogP) is -0.0234. The molecule has 1 aliphatic heterocycles. The second-order valence-corrected chi connectivity index (χ2v) is 4.58. The van der Waals surface area contributed by atoms with Gasteiger partial charge in [-0.25, -0.2) is 4.79 Å². The molecule has 2 aliphatic rings. The van der Waals surface area contributed by atoms with Crippen LogP contribution in [0.3, 0.4) is 0 Å². The molecule has 96 valence electrons. The van der Waals surface area contributed by atoms with Crippen molar-refractivity contribution in [1.82, 2.24) is 10.2 Å². The SMILES string of the molecule is COC1CC2NC(=O)N(C)C(=O)C2CC1OC. The average Bonchev–Trinajstić information content (AvgIpc) is 2.34. The van der Waals surface area contributed by atoms with Crippen LogP contribution in [0.2, 0.25) is 0 Å². The topological polar surface area (TPSA) is 67.9 Å². The van der Waals surface area contributed by atoms with Crippen LogP contribution in [-0.4, -0.2) is 56.4 Å². The Balaban J connectivity index is 2.16. The molecule has 4 atom stereocenters. The van der Waals surface area contributed by atoms with Gasteiger partial charge in [0.1, 0.15) is 0 Å². The molecule has 1 N–H and O–H groups in total. The summed E-state index contributed by atoms with van der Waals surface area (Å²) in [6, 6.07) is -0.468. The Kier molecular flexibility index (Phi) is 3.35. The van der Waals surface area contributed by atoms with Crippen molar-refractivity contribution >= 4 is 11.9 Å². The van der Waals surface area contributed by atoms with Gasteiger partial charge in [0.15, 0.2) is 0 Å². The van der Waals surface area contributed by atoms with E-state index in [1.54, 1.807) is 14.2 Å². The van der Waals surface area contributed by atoms with Gasteiger partial charge in [0, 0.05) is 27.3 Å². The van der Waals surface area contributed by atoms with Crippen LogP contribution < -0.4 is 5.32 Å². The van der Waals surface area contributed by atoms with E-state index in [0.717, 1.165) is 4.90 Å². The highest BCUT2D eigenvalue weighted by Gasteiger charge is 2.46. The minimum absolute atomic E-state index is 0.0715. The van der Waals surface area contributed by atoms with E-state index in [0.29, 0.717) is 12.8 Å². The fraction of sp³-hybridized carbons (Fsp3) is 0.818. The van der Waals surface area contributed by atoms with E-state index in [2.05, 4.69) is 5.32 Å². The molecule has 6 heteroatoms. The molecule has 0 spiro atoms. The average molecular weight is 242 g/mol. The van der Waals surface area contributed by atoms with Gasteiger partial charge in [-0.3, -0.25) is 9.69 Å². The highest BCUT2D eigenvalue weighted by atomic mass is 16.5. The van der Waals surface area contributed by atoms with Crippen LogP contribution in [0, 0.1) is 5.92 Å². The number of fused-ring (bicyclic) bond motifs is 1. The summed E-state index contributed by atoms with van der Waals surface area (Å²) in [5, 5.41) is 2.84. The van der Waals surface area contributed by atoms with E-state index < -0.39 is 0 Å². The number of imide groups is 1. The number of nitrogens with one attached hydrogen (secondary N) is 1. The Morgan fingerprint density at radius 1 is 1.18 bits per heavy atom.